The van der Waals surface area contributed by atoms with E-state index >= 15 is 0 Å². The van der Waals surface area contributed by atoms with E-state index < -0.39 is 5.97 Å². The van der Waals surface area contributed by atoms with Gasteiger partial charge in [0.05, 0.1) is 32.3 Å². The van der Waals surface area contributed by atoms with Gasteiger partial charge in [-0.2, -0.15) is 0 Å². The molecular weight excluding hydrogens is 384 g/mol. The van der Waals surface area contributed by atoms with Gasteiger partial charge in [0, 0.05) is 10.6 Å². The van der Waals surface area contributed by atoms with Crippen LogP contribution in [0, 0.1) is 0 Å². The Bertz CT molecular complexity index is 1080. The number of methoxy groups -OCH3 is 2. The summed E-state index contributed by atoms with van der Waals surface area (Å²) in [6, 6.07) is 11.8. The zero-order valence-corrected chi connectivity index (χ0v) is 16.0. The number of benzene rings is 2. The molecule has 0 atom stereocenters. The Balaban J connectivity index is 2.09. The van der Waals surface area contributed by atoms with E-state index in [9.17, 15) is 9.59 Å². The highest BCUT2D eigenvalue weighted by Crippen LogP contribution is 2.32. The molecular formula is C21H17ClO6. The zero-order chi connectivity index (χ0) is 20.1. The summed E-state index contributed by atoms with van der Waals surface area (Å²) in [7, 11) is 2.86. The van der Waals surface area contributed by atoms with E-state index in [0.29, 0.717) is 27.3 Å². The van der Waals surface area contributed by atoms with Crippen LogP contribution >= 0.6 is 11.6 Å². The van der Waals surface area contributed by atoms with Crippen LogP contribution in [0.25, 0.3) is 22.3 Å². The number of rotatable bonds is 6. The second-order valence-electron chi connectivity index (χ2n) is 5.73. The molecule has 144 valence electrons. The number of fused-ring (bicyclic) bond motifs is 1. The average Bonchev–Trinajstić information content (AvgIpc) is 2.72. The lowest BCUT2D eigenvalue weighted by atomic mass is 10.1. The van der Waals surface area contributed by atoms with Crippen LogP contribution in [-0.4, -0.2) is 20.2 Å². The van der Waals surface area contributed by atoms with Crippen molar-refractivity contribution in [2.45, 2.75) is 6.42 Å². The van der Waals surface area contributed by atoms with Gasteiger partial charge in [-0.3, -0.25) is 9.59 Å². The molecule has 1 aromatic heterocycles. The quantitative estimate of drug-likeness (QED) is 0.445. The van der Waals surface area contributed by atoms with Gasteiger partial charge in [-0.15, -0.1) is 0 Å². The lowest BCUT2D eigenvalue weighted by molar-refractivity contribution is -0.139. The molecule has 0 unspecified atom stereocenters. The van der Waals surface area contributed by atoms with Crippen LogP contribution in [0.3, 0.4) is 0 Å². The normalized spacial score (nSPS) is 11.0. The summed E-state index contributed by atoms with van der Waals surface area (Å²) in [5, 5.41) is 0.699. The van der Waals surface area contributed by atoms with Gasteiger partial charge < -0.3 is 18.6 Å². The standard InChI is InChI=1S/C21H17ClO6/c1-25-15-8-5-13(6-9-15)20-21(27-11-3-4-18(23)26-2)19(24)16-12-14(22)7-10-17(16)28-20/h3,5-12H,4H2,1-2H3/b11-3-. The molecule has 3 rings (SSSR count). The van der Waals surface area contributed by atoms with E-state index in [-0.39, 0.29) is 23.4 Å². The third kappa shape index (κ3) is 4.18. The van der Waals surface area contributed by atoms with Crippen LogP contribution in [0.5, 0.6) is 11.5 Å². The van der Waals surface area contributed by atoms with Crippen molar-refractivity contribution in [1.82, 2.24) is 0 Å². The maximum Gasteiger partial charge on any atom is 0.309 e. The summed E-state index contributed by atoms with van der Waals surface area (Å²) in [6.45, 7) is 0. The first-order valence-corrected chi connectivity index (χ1v) is 8.70. The first kappa shape index (κ1) is 19.5. The summed E-state index contributed by atoms with van der Waals surface area (Å²) in [6.07, 6.45) is 2.72. The largest absolute Gasteiger partial charge is 0.497 e. The van der Waals surface area contributed by atoms with Crippen LogP contribution in [-0.2, 0) is 9.53 Å². The zero-order valence-electron chi connectivity index (χ0n) is 15.2. The molecule has 0 saturated heterocycles. The number of halogens is 1. The summed E-state index contributed by atoms with van der Waals surface area (Å²) < 4.78 is 21.2. The van der Waals surface area contributed by atoms with Crippen LogP contribution < -0.4 is 14.9 Å². The molecule has 2 aromatic carbocycles. The van der Waals surface area contributed by atoms with Gasteiger partial charge in [-0.05, 0) is 48.5 Å². The number of esters is 1. The van der Waals surface area contributed by atoms with Crippen molar-refractivity contribution in [2.24, 2.45) is 0 Å². The molecule has 28 heavy (non-hydrogen) atoms. The lowest BCUT2D eigenvalue weighted by Gasteiger charge is -2.10. The number of carbonyl (C=O) groups is 1. The van der Waals surface area contributed by atoms with Crippen LogP contribution in [0.15, 0.2) is 64.0 Å². The number of hydrogen-bond acceptors (Lipinski definition) is 6. The van der Waals surface area contributed by atoms with Crippen LogP contribution in [0.1, 0.15) is 6.42 Å². The minimum Gasteiger partial charge on any atom is -0.497 e. The maximum atomic E-state index is 13.0. The summed E-state index contributed by atoms with van der Waals surface area (Å²) in [5.41, 5.74) is 0.634. The van der Waals surface area contributed by atoms with E-state index in [0.717, 1.165) is 0 Å². The highest BCUT2D eigenvalue weighted by atomic mass is 35.5. The molecule has 0 amide bonds. The minimum absolute atomic E-state index is 0.0129. The Hall–Kier alpha value is -3.25. The fraction of sp³-hybridized carbons (Fsp3) is 0.143. The predicted molar refractivity (Wildman–Crippen MR) is 106 cm³/mol. The highest BCUT2D eigenvalue weighted by Gasteiger charge is 2.18. The van der Waals surface area contributed by atoms with E-state index in [2.05, 4.69) is 4.74 Å². The van der Waals surface area contributed by atoms with Crippen molar-refractivity contribution in [3.05, 3.63) is 70.0 Å². The molecule has 0 bridgehead atoms. The molecule has 0 radical (unpaired) electrons. The van der Waals surface area contributed by atoms with Crippen molar-refractivity contribution in [3.63, 3.8) is 0 Å². The molecule has 7 heteroatoms. The van der Waals surface area contributed by atoms with Crippen LogP contribution in [0.4, 0.5) is 0 Å². The molecule has 0 aliphatic carbocycles. The Morgan fingerprint density at radius 1 is 1.14 bits per heavy atom. The Kier molecular flexibility index (Phi) is 6.01. The fourth-order valence-electron chi connectivity index (χ4n) is 2.53. The van der Waals surface area contributed by atoms with Crippen molar-refractivity contribution in [2.75, 3.05) is 14.2 Å². The second kappa shape index (κ2) is 8.63. The Morgan fingerprint density at radius 3 is 2.57 bits per heavy atom. The highest BCUT2D eigenvalue weighted by molar-refractivity contribution is 6.31. The van der Waals surface area contributed by atoms with E-state index in [1.807, 2.05) is 0 Å². The van der Waals surface area contributed by atoms with Gasteiger partial charge in [0.25, 0.3) is 0 Å². The first-order chi connectivity index (χ1) is 13.5. The molecule has 1 heterocycles. The van der Waals surface area contributed by atoms with Gasteiger partial charge in [0.2, 0.25) is 11.2 Å². The molecule has 6 nitrogen and oxygen atoms in total. The molecule has 0 aliphatic heterocycles. The van der Waals surface area contributed by atoms with Crippen molar-refractivity contribution >= 4 is 28.5 Å². The van der Waals surface area contributed by atoms with Gasteiger partial charge in [-0.1, -0.05) is 11.6 Å². The molecule has 0 aliphatic rings. The average molecular weight is 401 g/mol. The summed E-state index contributed by atoms with van der Waals surface area (Å²) in [4.78, 5) is 24.2. The monoisotopic (exact) mass is 400 g/mol. The van der Waals surface area contributed by atoms with E-state index in [1.165, 1.54) is 25.5 Å². The number of hydrogen-bond donors (Lipinski definition) is 0. The maximum absolute atomic E-state index is 13.0. The topological polar surface area (TPSA) is 75.0 Å². The molecule has 3 aromatic rings. The van der Waals surface area contributed by atoms with Crippen molar-refractivity contribution in [3.8, 4) is 22.8 Å². The predicted octanol–water partition coefficient (Wildman–Crippen LogP) is 4.58. The minimum atomic E-state index is -0.424. The van der Waals surface area contributed by atoms with Gasteiger partial charge in [-0.25, -0.2) is 0 Å². The van der Waals surface area contributed by atoms with Crippen molar-refractivity contribution in [1.29, 1.82) is 0 Å². The molecule has 0 fully saturated rings. The SMILES string of the molecule is COC(=O)C/C=C\Oc1c(-c2ccc(OC)cc2)oc2ccc(Cl)cc2c1=O. The number of carbonyl (C=O) groups excluding carboxylic acids is 1. The molecule has 0 saturated carbocycles. The molecule has 0 N–H and O–H groups in total. The van der Waals surface area contributed by atoms with E-state index in [1.54, 1.807) is 43.5 Å². The fourth-order valence-corrected chi connectivity index (χ4v) is 2.71. The third-order valence-corrected chi connectivity index (χ3v) is 4.19. The number of ether oxygens (including phenoxy) is 3. The van der Waals surface area contributed by atoms with Gasteiger partial charge >= 0.3 is 5.97 Å². The van der Waals surface area contributed by atoms with Crippen LogP contribution in [0.2, 0.25) is 5.02 Å². The second-order valence-corrected chi connectivity index (χ2v) is 6.16. The Morgan fingerprint density at radius 2 is 1.89 bits per heavy atom. The molecule has 0 spiro atoms. The van der Waals surface area contributed by atoms with Gasteiger partial charge in [0.1, 0.15) is 11.3 Å². The summed E-state index contributed by atoms with van der Waals surface area (Å²) in [5.74, 6) is 0.484. The third-order valence-electron chi connectivity index (χ3n) is 3.96. The first-order valence-electron chi connectivity index (χ1n) is 8.32. The van der Waals surface area contributed by atoms with Crippen molar-refractivity contribution < 1.29 is 23.4 Å². The lowest BCUT2D eigenvalue weighted by Crippen LogP contribution is -2.07. The van der Waals surface area contributed by atoms with Gasteiger partial charge in [0.15, 0.2) is 5.76 Å². The Labute approximate surface area is 165 Å². The summed E-state index contributed by atoms with van der Waals surface area (Å²) >= 11 is 6.01. The van der Waals surface area contributed by atoms with E-state index in [4.69, 9.17) is 25.5 Å². The smallest absolute Gasteiger partial charge is 0.309 e.